The van der Waals surface area contributed by atoms with Gasteiger partial charge in [0.05, 0.1) is 12.4 Å². The van der Waals surface area contributed by atoms with Gasteiger partial charge in [0, 0.05) is 35.7 Å². The minimum Gasteiger partial charge on any atom is -0.368 e. The van der Waals surface area contributed by atoms with Crippen molar-refractivity contribution >= 4 is 34.2 Å². The minimum absolute atomic E-state index is 0.148. The summed E-state index contributed by atoms with van der Waals surface area (Å²) in [5.74, 6) is -0.0586. The van der Waals surface area contributed by atoms with Crippen LogP contribution in [0.15, 0.2) is 36.8 Å². The second-order valence-electron chi connectivity index (χ2n) is 5.26. The van der Waals surface area contributed by atoms with E-state index in [1.165, 1.54) is 17.1 Å². The number of carbonyl (C=O) groups excluding carboxylic acids is 1. The highest BCUT2D eigenvalue weighted by Crippen LogP contribution is 2.24. The number of rotatable bonds is 5. The Hall–Kier alpha value is -2.60. The monoisotopic (exact) mass is 329 g/mol. The van der Waals surface area contributed by atoms with Gasteiger partial charge in [0.1, 0.15) is 11.5 Å². The van der Waals surface area contributed by atoms with Crippen molar-refractivity contribution in [2.75, 3.05) is 11.9 Å². The summed E-state index contributed by atoms with van der Waals surface area (Å²) in [6.07, 6.45) is 5.81. The molecule has 0 aliphatic heterocycles. The molecule has 0 saturated carbocycles. The molecule has 0 fully saturated rings. The highest BCUT2D eigenvalue weighted by Gasteiger charge is 2.08. The fourth-order valence-electron chi connectivity index (χ4n) is 2.54. The molecule has 0 radical (unpaired) electrons. The molecule has 2 aromatic heterocycles. The number of hydrogen-bond acceptors (Lipinski definition) is 4. The molecule has 3 rings (SSSR count). The lowest BCUT2D eigenvalue weighted by atomic mass is 10.1. The molecular formula is C16H16ClN5O. The number of amides is 1. The number of benzene rings is 1. The summed E-state index contributed by atoms with van der Waals surface area (Å²) in [4.78, 5) is 19.2. The van der Waals surface area contributed by atoms with Crippen molar-refractivity contribution in [3.8, 4) is 0 Å². The molecule has 23 heavy (non-hydrogen) atoms. The maximum absolute atomic E-state index is 11.1. The van der Waals surface area contributed by atoms with Gasteiger partial charge in [-0.3, -0.25) is 9.78 Å². The third-order valence-electron chi connectivity index (χ3n) is 3.62. The van der Waals surface area contributed by atoms with E-state index in [1.54, 1.807) is 6.20 Å². The lowest BCUT2D eigenvalue weighted by Gasteiger charge is -2.05. The molecule has 118 valence electrons. The van der Waals surface area contributed by atoms with E-state index >= 15 is 0 Å². The van der Waals surface area contributed by atoms with Gasteiger partial charge in [-0.2, -0.15) is 0 Å². The number of nitrogens with two attached hydrogens (primary N) is 1. The average molecular weight is 330 g/mol. The first kappa shape index (κ1) is 15.3. The second-order valence-corrected chi connectivity index (χ2v) is 5.69. The number of aryl methyl sites for hydroxylation is 1. The summed E-state index contributed by atoms with van der Waals surface area (Å²) in [6, 6.07) is 5.87. The van der Waals surface area contributed by atoms with E-state index in [0.29, 0.717) is 12.4 Å². The van der Waals surface area contributed by atoms with Crippen molar-refractivity contribution in [2.24, 2.45) is 12.8 Å². The first-order valence-corrected chi connectivity index (χ1v) is 7.51. The number of carbonyl (C=O) groups is 1. The normalized spacial score (nSPS) is 10.9. The summed E-state index contributed by atoms with van der Waals surface area (Å²) in [5.41, 5.74) is 7.66. The molecule has 1 amide bonds. The summed E-state index contributed by atoms with van der Waals surface area (Å²) in [7, 11) is 2.00. The van der Waals surface area contributed by atoms with Crippen LogP contribution in [0.1, 0.15) is 16.1 Å². The summed E-state index contributed by atoms with van der Waals surface area (Å²) in [5, 5.41) is 5.06. The van der Waals surface area contributed by atoms with E-state index in [0.717, 1.165) is 17.0 Å². The zero-order valence-electron chi connectivity index (χ0n) is 12.6. The van der Waals surface area contributed by atoms with E-state index < -0.39 is 5.91 Å². The average Bonchev–Trinajstić information content (AvgIpc) is 2.83. The summed E-state index contributed by atoms with van der Waals surface area (Å²) >= 11 is 6.05. The van der Waals surface area contributed by atoms with Crippen molar-refractivity contribution in [1.82, 2.24) is 14.5 Å². The topological polar surface area (TPSA) is 85.8 Å². The smallest absolute Gasteiger partial charge is 0.268 e. The van der Waals surface area contributed by atoms with Crippen LogP contribution in [0.25, 0.3) is 10.9 Å². The molecule has 3 N–H and O–H groups in total. The van der Waals surface area contributed by atoms with Crippen molar-refractivity contribution in [2.45, 2.75) is 6.42 Å². The Morgan fingerprint density at radius 2 is 2.22 bits per heavy atom. The number of fused-ring (bicyclic) bond motifs is 1. The summed E-state index contributed by atoms with van der Waals surface area (Å²) < 4.78 is 2.06. The zero-order chi connectivity index (χ0) is 16.4. The van der Waals surface area contributed by atoms with Crippen molar-refractivity contribution in [3.63, 3.8) is 0 Å². The molecule has 0 saturated heterocycles. The van der Waals surface area contributed by atoms with Gasteiger partial charge in [-0.15, -0.1) is 0 Å². The molecule has 2 heterocycles. The molecule has 3 aromatic rings. The Balaban J connectivity index is 1.72. The number of nitrogens with zero attached hydrogens (tertiary/aromatic N) is 3. The van der Waals surface area contributed by atoms with Crippen LogP contribution in [0.2, 0.25) is 5.02 Å². The van der Waals surface area contributed by atoms with Crippen LogP contribution in [0, 0.1) is 0 Å². The third kappa shape index (κ3) is 3.27. The van der Waals surface area contributed by atoms with Crippen molar-refractivity contribution in [1.29, 1.82) is 0 Å². The summed E-state index contributed by atoms with van der Waals surface area (Å²) in [6.45, 7) is 0.665. The first-order valence-electron chi connectivity index (χ1n) is 7.14. The van der Waals surface area contributed by atoms with Crippen LogP contribution in [-0.4, -0.2) is 27.0 Å². The lowest BCUT2D eigenvalue weighted by molar-refractivity contribution is 0.0995. The number of primary amides is 1. The molecule has 0 spiro atoms. The van der Waals surface area contributed by atoms with E-state index in [9.17, 15) is 4.79 Å². The number of anilines is 1. The van der Waals surface area contributed by atoms with Crippen molar-refractivity contribution in [3.05, 3.63) is 53.1 Å². The van der Waals surface area contributed by atoms with Crippen LogP contribution in [0.5, 0.6) is 0 Å². The molecule has 1 aromatic carbocycles. The standard InChI is InChI=1S/C16H16ClN5O/c1-22-9-10(12-3-2-11(17)6-14(12)22)4-5-20-15-8-19-7-13(21-15)16(18)23/h2-3,6-9H,4-5H2,1H3,(H2,18,23)(H,20,21). The van der Waals surface area contributed by atoms with Crippen LogP contribution in [0.4, 0.5) is 5.82 Å². The maximum Gasteiger partial charge on any atom is 0.268 e. The third-order valence-corrected chi connectivity index (χ3v) is 3.86. The largest absolute Gasteiger partial charge is 0.368 e. The van der Waals surface area contributed by atoms with Gasteiger partial charge < -0.3 is 15.6 Å². The Labute approximate surface area is 138 Å². The predicted molar refractivity (Wildman–Crippen MR) is 90.7 cm³/mol. The Bertz CT molecular complexity index is 874. The highest BCUT2D eigenvalue weighted by atomic mass is 35.5. The molecule has 0 aliphatic carbocycles. The lowest BCUT2D eigenvalue weighted by Crippen LogP contribution is -2.15. The van der Waals surface area contributed by atoms with E-state index in [2.05, 4.69) is 26.0 Å². The Morgan fingerprint density at radius 3 is 3.00 bits per heavy atom. The fraction of sp³-hybridized carbons (Fsp3) is 0.188. The van der Waals surface area contributed by atoms with Gasteiger partial charge >= 0.3 is 0 Å². The molecule has 0 aliphatic rings. The Kier molecular flexibility index (Phi) is 4.16. The number of nitrogens with one attached hydrogen (secondary N) is 1. The molecule has 7 heteroatoms. The van der Waals surface area contributed by atoms with Crippen LogP contribution in [-0.2, 0) is 13.5 Å². The van der Waals surface area contributed by atoms with Gasteiger partial charge in [0.2, 0.25) is 0 Å². The molecule has 0 bridgehead atoms. The quantitative estimate of drug-likeness (QED) is 0.752. The zero-order valence-corrected chi connectivity index (χ0v) is 13.3. The molecule has 0 unspecified atom stereocenters. The predicted octanol–water partition coefficient (Wildman–Crippen LogP) is 2.38. The van der Waals surface area contributed by atoms with Crippen LogP contribution in [0.3, 0.4) is 0 Å². The minimum atomic E-state index is -0.591. The molecule has 0 atom stereocenters. The van der Waals surface area contributed by atoms with Crippen molar-refractivity contribution < 1.29 is 4.79 Å². The first-order chi connectivity index (χ1) is 11.0. The van der Waals surface area contributed by atoms with E-state index in [4.69, 9.17) is 17.3 Å². The van der Waals surface area contributed by atoms with Gasteiger partial charge in [0.15, 0.2) is 0 Å². The van der Waals surface area contributed by atoms with Gasteiger partial charge in [-0.25, -0.2) is 4.98 Å². The highest BCUT2D eigenvalue weighted by molar-refractivity contribution is 6.31. The maximum atomic E-state index is 11.1. The SMILES string of the molecule is Cn1cc(CCNc2cncc(C(N)=O)n2)c2ccc(Cl)cc21. The van der Waals surface area contributed by atoms with E-state index in [1.807, 2.05) is 25.2 Å². The Morgan fingerprint density at radius 1 is 1.39 bits per heavy atom. The van der Waals surface area contributed by atoms with E-state index in [-0.39, 0.29) is 5.69 Å². The van der Waals surface area contributed by atoms with Crippen LogP contribution < -0.4 is 11.1 Å². The number of aromatic nitrogens is 3. The van der Waals surface area contributed by atoms with Gasteiger partial charge in [0.25, 0.3) is 5.91 Å². The molecular weight excluding hydrogens is 314 g/mol. The second kappa shape index (κ2) is 6.26. The fourth-order valence-corrected chi connectivity index (χ4v) is 2.70. The molecule has 6 nitrogen and oxygen atoms in total. The van der Waals surface area contributed by atoms with Gasteiger partial charge in [-0.1, -0.05) is 17.7 Å². The van der Waals surface area contributed by atoms with Crippen LogP contribution >= 0.6 is 11.6 Å². The number of hydrogen-bond donors (Lipinski definition) is 2. The van der Waals surface area contributed by atoms with Gasteiger partial charge in [-0.05, 0) is 24.1 Å². The number of halogens is 1.